The van der Waals surface area contributed by atoms with Crippen molar-refractivity contribution in [3.05, 3.63) is 15.9 Å². The van der Waals surface area contributed by atoms with Gasteiger partial charge in [-0.05, 0) is 36.2 Å². The predicted octanol–water partition coefficient (Wildman–Crippen LogP) is 2.01. The quantitative estimate of drug-likeness (QED) is 0.668. The van der Waals surface area contributed by atoms with Crippen molar-refractivity contribution < 1.29 is 4.79 Å². The number of hydrogen-bond donors (Lipinski definition) is 1. The molecule has 0 bridgehead atoms. The molecule has 1 rings (SSSR count). The summed E-state index contributed by atoms with van der Waals surface area (Å²) in [5, 5.41) is 7.10. The highest BCUT2D eigenvalue weighted by atomic mass is 79.9. The van der Waals surface area contributed by atoms with E-state index < -0.39 is 0 Å². The zero-order chi connectivity index (χ0) is 12.1. The van der Waals surface area contributed by atoms with Crippen molar-refractivity contribution >= 4 is 33.4 Å². The first-order valence-corrected chi connectivity index (χ1v) is 6.41. The molecular weight excluding hydrogens is 293 g/mol. The van der Waals surface area contributed by atoms with E-state index in [1.54, 1.807) is 0 Å². The number of aromatic nitrogens is 2. The minimum atomic E-state index is -0.129. The van der Waals surface area contributed by atoms with E-state index in [2.05, 4.69) is 26.3 Å². The minimum Gasteiger partial charge on any atom is -0.355 e. The molecule has 0 aliphatic heterocycles. The van der Waals surface area contributed by atoms with Gasteiger partial charge in [0.2, 0.25) is 5.91 Å². The van der Waals surface area contributed by atoms with E-state index in [4.69, 9.17) is 11.6 Å². The number of nitrogens with one attached hydrogen (secondary N) is 1. The molecule has 0 unspecified atom stereocenters. The van der Waals surface area contributed by atoms with Crippen LogP contribution in [-0.4, -0.2) is 28.1 Å². The van der Waals surface area contributed by atoms with Crippen molar-refractivity contribution in [1.29, 1.82) is 0 Å². The Morgan fingerprint density at radius 2 is 2.25 bits per heavy atom. The largest absolute Gasteiger partial charge is 0.355 e. The lowest BCUT2D eigenvalue weighted by molar-refractivity contribution is -0.118. The molecule has 1 aromatic heterocycles. The normalized spacial score (nSPS) is 10.5. The van der Waals surface area contributed by atoms with Crippen molar-refractivity contribution in [2.45, 2.75) is 26.8 Å². The highest BCUT2D eigenvalue weighted by Crippen LogP contribution is 2.19. The average Bonchev–Trinajstić information content (AvgIpc) is 2.52. The summed E-state index contributed by atoms with van der Waals surface area (Å²) in [4.78, 5) is 10.9. The van der Waals surface area contributed by atoms with Gasteiger partial charge in [0.25, 0.3) is 0 Å². The van der Waals surface area contributed by atoms with Gasteiger partial charge >= 0.3 is 0 Å². The van der Waals surface area contributed by atoms with Crippen LogP contribution in [-0.2, 0) is 11.3 Å². The number of amides is 1. The molecular formula is C10H15BrClN3O. The van der Waals surface area contributed by atoms with Crippen LogP contribution in [0.2, 0.25) is 0 Å². The maximum atomic E-state index is 10.9. The fourth-order valence-corrected chi connectivity index (χ4v) is 1.78. The third-order valence-electron chi connectivity index (χ3n) is 2.28. The van der Waals surface area contributed by atoms with Crippen LogP contribution in [0.3, 0.4) is 0 Å². The van der Waals surface area contributed by atoms with Gasteiger partial charge in [-0.1, -0.05) is 0 Å². The Kier molecular flexibility index (Phi) is 5.28. The average molecular weight is 309 g/mol. The Morgan fingerprint density at radius 1 is 1.56 bits per heavy atom. The summed E-state index contributed by atoms with van der Waals surface area (Å²) in [6.45, 7) is 5.40. The van der Waals surface area contributed by atoms with Gasteiger partial charge in [-0.3, -0.25) is 9.48 Å². The van der Waals surface area contributed by atoms with E-state index in [-0.39, 0.29) is 11.8 Å². The van der Waals surface area contributed by atoms with Gasteiger partial charge in [0.15, 0.2) is 0 Å². The van der Waals surface area contributed by atoms with Gasteiger partial charge in [0.1, 0.15) is 5.88 Å². The number of halogens is 2. The number of nitrogens with zero attached hydrogens (tertiary/aromatic N) is 2. The van der Waals surface area contributed by atoms with Crippen molar-refractivity contribution in [3.8, 4) is 0 Å². The first-order valence-electron chi connectivity index (χ1n) is 5.08. The molecule has 0 radical (unpaired) electrons. The van der Waals surface area contributed by atoms with Crippen LogP contribution in [0.1, 0.15) is 17.8 Å². The van der Waals surface area contributed by atoms with Crippen LogP contribution >= 0.6 is 27.5 Å². The minimum absolute atomic E-state index is 0.0193. The molecule has 6 heteroatoms. The predicted molar refractivity (Wildman–Crippen MR) is 67.7 cm³/mol. The molecule has 0 saturated heterocycles. The zero-order valence-electron chi connectivity index (χ0n) is 9.39. The lowest BCUT2D eigenvalue weighted by Gasteiger charge is -2.05. The van der Waals surface area contributed by atoms with Crippen molar-refractivity contribution in [1.82, 2.24) is 15.1 Å². The maximum absolute atomic E-state index is 10.9. The van der Waals surface area contributed by atoms with Gasteiger partial charge in [-0.15, -0.1) is 11.6 Å². The summed E-state index contributed by atoms with van der Waals surface area (Å²) >= 11 is 8.83. The molecule has 4 nitrogen and oxygen atoms in total. The van der Waals surface area contributed by atoms with E-state index in [1.165, 1.54) is 0 Å². The Morgan fingerprint density at radius 3 is 2.75 bits per heavy atom. The molecule has 1 N–H and O–H groups in total. The number of hydrogen-bond acceptors (Lipinski definition) is 2. The first kappa shape index (κ1) is 13.5. The second kappa shape index (κ2) is 6.25. The Balaban J connectivity index is 2.38. The SMILES string of the molecule is Cc1nn(CCCNC(=O)CCl)c(C)c1Br. The van der Waals surface area contributed by atoms with Crippen LogP contribution < -0.4 is 5.32 Å². The summed E-state index contributed by atoms with van der Waals surface area (Å²) < 4.78 is 2.99. The van der Waals surface area contributed by atoms with Crippen LogP contribution in [0.15, 0.2) is 4.47 Å². The van der Waals surface area contributed by atoms with Gasteiger partial charge in [-0.25, -0.2) is 0 Å². The fraction of sp³-hybridized carbons (Fsp3) is 0.600. The van der Waals surface area contributed by atoms with Gasteiger partial charge in [-0.2, -0.15) is 5.10 Å². The third-order valence-corrected chi connectivity index (χ3v) is 3.67. The summed E-state index contributed by atoms with van der Waals surface area (Å²) in [5.41, 5.74) is 2.10. The van der Waals surface area contributed by atoms with Gasteiger partial charge in [0, 0.05) is 18.8 Å². The maximum Gasteiger partial charge on any atom is 0.234 e. The highest BCUT2D eigenvalue weighted by molar-refractivity contribution is 9.10. The topological polar surface area (TPSA) is 46.9 Å². The smallest absolute Gasteiger partial charge is 0.234 e. The summed E-state index contributed by atoms with van der Waals surface area (Å²) in [6, 6.07) is 0. The van der Waals surface area contributed by atoms with E-state index >= 15 is 0 Å². The van der Waals surface area contributed by atoms with E-state index in [1.807, 2.05) is 18.5 Å². The molecule has 0 aliphatic rings. The summed E-state index contributed by atoms with van der Waals surface area (Å²) in [7, 11) is 0. The molecule has 0 aliphatic carbocycles. The number of carbonyl (C=O) groups is 1. The molecule has 1 aromatic rings. The molecule has 0 aromatic carbocycles. The molecule has 16 heavy (non-hydrogen) atoms. The molecule has 90 valence electrons. The van der Waals surface area contributed by atoms with Crippen LogP contribution in [0.5, 0.6) is 0 Å². The molecule has 0 fully saturated rings. The van der Waals surface area contributed by atoms with Crippen molar-refractivity contribution in [3.63, 3.8) is 0 Å². The molecule has 0 saturated carbocycles. The van der Waals surface area contributed by atoms with Crippen LogP contribution in [0.4, 0.5) is 0 Å². The van der Waals surface area contributed by atoms with E-state index in [0.29, 0.717) is 6.54 Å². The Labute approximate surface area is 108 Å². The monoisotopic (exact) mass is 307 g/mol. The van der Waals surface area contributed by atoms with Crippen molar-refractivity contribution in [2.75, 3.05) is 12.4 Å². The standard InChI is InChI=1S/C10H15BrClN3O/c1-7-10(11)8(2)15(14-7)5-3-4-13-9(16)6-12/h3-6H2,1-2H3,(H,13,16). The van der Waals surface area contributed by atoms with Crippen LogP contribution in [0, 0.1) is 13.8 Å². The third kappa shape index (κ3) is 3.49. The Hall–Kier alpha value is -0.550. The highest BCUT2D eigenvalue weighted by Gasteiger charge is 2.07. The second-order valence-electron chi connectivity index (χ2n) is 3.55. The van der Waals surface area contributed by atoms with Crippen LogP contribution in [0.25, 0.3) is 0 Å². The molecule has 0 atom stereocenters. The number of carbonyl (C=O) groups excluding carboxylic acids is 1. The van der Waals surface area contributed by atoms with Gasteiger partial charge < -0.3 is 5.32 Å². The summed E-state index contributed by atoms with van der Waals surface area (Å²) in [6.07, 6.45) is 0.844. The fourth-order valence-electron chi connectivity index (χ4n) is 1.40. The van der Waals surface area contributed by atoms with Crippen molar-refractivity contribution in [2.24, 2.45) is 0 Å². The Bertz CT molecular complexity index is 378. The lowest BCUT2D eigenvalue weighted by Crippen LogP contribution is -2.26. The molecule has 0 spiro atoms. The van der Waals surface area contributed by atoms with E-state index in [9.17, 15) is 4.79 Å². The number of alkyl halides is 1. The van der Waals surface area contributed by atoms with Gasteiger partial charge in [0.05, 0.1) is 10.2 Å². The molecule has 1 amide bonds. The molecule has 1 heterocycles. The second-order valence-corrected chi connectivity index (χ2v) is 4.61. The number of rotatable bonds is 5. The summed E-state index contributed by atoms with van der Waals surface area (Å²) in [5.74, 6) is -0.109. The first-order chi connectivity index (χ1) is 7.56. The number of aryl methyl sites for hydroxylation is 2. The zero-order valence-corrected chi connectivity index (χ0v) is 11.7. The van der Waals surface area contributed by atoms with E-state index in [0.717, 1.165) is 28.8 Å². The lowest BCUT2D eigenvalue weighted by atomic mass is 10.4.